The topological polar surface area (TPSA) is 97.3 Å². The first-order valence-electron chi connectivity index (χ1n) is 10.1. The number of nitrogens with zero attached hydrogens (tertiary/aromatic N) is 4. The Morgan fingerprint density at radius 1 is 1.06 bits per heavy atom. The highest BCUT2D eigenvalue weighted by Crippen LogP contribution is 2.34. The zero-order valence-electron chi connectivity index (χ0n) is 17.7. The second-order valence-electron chi connectivity index (χ2n) is 8.09. The van der Waals surface area contributed by atoms with Gasteiger partial charge in [0, 0.05) is 0 Å². The third-order valence-corrected chi connectivity index (χ3v) is 5.33. The van der Waals surface area contributed by atoms with Crippen LogP contribution >= 0.6 is 0 Å². The van der Waals surface area contributed by atoms with E-state index in [0.717, 1.165) is 16.9 Å². The first-order chi connectivity index (χ1) is 15.4. The highest BCUT2D eigenvalue weighted by Gasteiger charge is 2.30. The molecule has 0 aromatic heterocycles. The maximum atomic E-state index is 13.1. The van der Waals surface area contributed by atoms with Crippen LogP contribution < -0.4 is 15.2 Å². The summed E-state index contributed by atoms with van der Waals surface area (Å²) >= 11 is 0. The summed E-state index contributed by atoms with van der Waals surface area (Å²) in [6.45, 7) is 4.80. The second-order valence-corrected chi connectivity index (χ2v) is 8.09. The lowest BCUT2D eigenvalue weighted by molar-refractivity contribution is -0.0393. The van der Waals surface area contributed by atoms with Crippen LogP contribution in [-0.4, -0.2) is 26.3 Å². The fraction of sp³-hybridized carbons (Fsp3) is 0.261. The zero-order chi connectivity index (χ0) is 22.3. The molecule has 0 saturated carbocycles. The number of imidazole rings is 1. The Hall–Kier alpha value is -3.72. The van der Waals surface area contributed by atoms with Crippen molar-refractivity contribution in [3.8, 4) is 23.0 Å². The van der Waals surface area contributed by atoms with Crippen molar-refractivity contribution in [2.45, 2.75) is 32.6 Å². The van der Waals surface area contributed by atoms with Gasteiger partial charge in [-0.1, -0.05) is 18.2 Å². The van der Waals surface area contributed by atoms with E-state index in [1.54, 1.807) is 18.5 Å². The summed E-state index contributed by atoms with van der Waals surface area (Å²) < 4.78 is 32.0. The number of rotatable bonds is 6. The number of nitrogens with two attached hydrogens (primary N) is 1. The molecule has 0 radical (unpaired) electrons. The summed E-state index contributed by atoms with van der Waals surface area (Å²) in [4.78, 5) is 13.6. The molecule has 0 spiro atoms. The molecule has 0 atom stereocenters. The van der Waals surface area contributed by atoms with Crippen molar-refractivity contribution in [2.75, 3.05) is 12.5 Å². The number of hydrogen-bond donors (Lipinski definition) is 1. The van der Waals surface area contributed by atoms with Crippen LogP contribution in [0.15, 0.2) is 48.8 Å². The quantitative estimate of drug-likeness (QED) is 0.493. The van der Waals surface area contributed by atoms with Crippen LogP contribution in [0.5, 0.6) is 11.5 Å². The smallest absolute Gasteiger partial charge is 0.231 e. The molecule has 0 bridgehead atoms. The van der Waals surface area contributed by atoms with Gasteiger partial charge in [-0.3, -0.25) is 0 Å². The van der Waals surface area contributed by atoms with Crippen molar-refractivity contribution in [2.24, 2.45) is 0 Å². The average molecular weight is 435 g/mol. The molecular weight excluding hydrogens is 413 g/mol. The van der Waals surface area contributed by atoms with Gasteiger partial charge in [-0.15, -0.1) is 0 Å². The van der Waals surface area contributed by atoms with Crippen LogP contribution in [0, 0.1) is 5.82 Å². The van der Waals surface area contributed by atoms with E-state index in [9.17, 15) is 4.39 Å². The lowest BCUT2D eigenvalue weighted by Crippen LogP contribution is -2.23. The molecule has 164 valence electrons. The van der Waals surface area contributed by atoms with E-state index in [4.69, 9.17) is 24.9 Å². The third-order valence-electron chi connectivity index (χ3n) is 5.33. The minimum atomic E-state index is -0.795. The van der Waals surface area contributed by atoms with Crippen molar-refractivity contribution in [1.29, 1.82) is 0 Å². The Morgan fingerprint density at radius 3 is 2.62 bits per heavy atom. The SMILES string of the molecule is CC(C)(OCc1ccc(F)cc1)c1nc2c(N)ncn(Cc3ccc4c(c3)OCO4)c-2n1. The maximum Gasteiger partial charge on any atom is 0.231 e. The van der Waals surface area contributed by atoms with Crippen LogP contribution in [0.1, 0.15) is 30.8 Å². The average Bonchev–Trinajstić information content (AvgIpc) is 3.43. The summed E-state index contributed by atoms with van der Waals surface area (Å²) in [5, 5.41) is 0. The fourth-order valence-corrected chi connectivity index (χ4v) is 3.48. The van der Waals surface area contributed by atoms with Crippen LogP contribution in [-0.2, 0) is 23.5 Å². The highest BCUT2D eigenvalue weighted by atomic mass is 19.1. The van der Waals surface area contributed by atoms with Gasteiger partial charge in [0.2, 0.25) is 6.79 Å². The van der Waals surface area contributed by atoms with E-state index < -0.39 is 5.60 Å². The van der Waals surface area contributed by atoms with Gasteiger partial charge < -0.3 is 24.5 Å². The van der Waals surface area contributed by atoms with Gasteiger partial charge in [0.1, 0.15) is 11.4 Å². The van der Waals surface area contributed by atoms with E-state index in [-0.39, 0.29) is 12.6 Å². The van der Waals surface area contributed by atoms with E-state index in [1.807, 2.05) is 36.6 Å². The molecule has 3 aliphatic rings. The number of anilines is 1. The molecule has 5 rings (SSSR count). The number of nitrogen functional groups attached to an aromatic ring is 1. The van der Waals surface area contributed by atoms with Crippen molar-refractivity contribution >= 4 is 5.82 Å². The van der Waals surface area contributed by atoms with Crippen molar-refractivity contribution in [3.63, 3.8) is 0 Å². The molecule has 2 N–H and O–H groups in total. The summed E-state index contributed by atoms with van der Waals surface area (Å²) in [6, 6.07) is 12.0. The Labute approximate surface area is 184 Å². The molecule has 0 saturated heterocycles. The van der Waals surface area contributed by atoms with Crippen LogP contribution in [0.4, 0.5) is 10.2 Å². The fourth-order valence-electron chi connectivity index (χ4n) is 3.48. The van der Waals surface area contributed by atoms with Gasteiger partial charge in [0.15, 0.2) is 34.7 Å². The van der Waals surface area contributed by atoms with E-state index in [1.165, 1.54) is 12.1 Å². The van der Waals surface area contributed by atoms with Gasteiger partial charge in [-0.05, 0) is 49.2 Å². The molecule has 2 aromatic rings. The predicted octanol–water partition coefficient (Wildman–Crippen LogP) is 3.73. The summed E-state index contributed by atoms with van der Waals surface area (Å²) in [5.41, 5.74) is 7.67. The van der Waals surface area contributed by atoms with Gasteiger partial charge in [-0.25, -0.2) is 19.3 Å². The third kappa shape index (κ3) is 3.82. The number of halogens is 1. The molecule has 2 aromatic carbocycles. The zero-order valence-corrected chi connectivity index (χ0v) is 17.7. The molecule has 0 amide bonds. The maximum absolute atomic E-state index is 13.1. The van der Waals surface area contributed by atoms with E-state index in [2.05, 4.69) is 9.97 Å². The Bertz CT molecular complexity index is 1240. The molecule has 3 heterocycles. The normalized spacial score (nSPS) is 13.1. The monoisotopic (exact) mass is 435 g/mol. The second kappa shape index (κ2) is 7.76. The molecule has 8 nitrogen and oxygen atoms in total. The van der Waals surface area contributed by atoms with E-state index >= 15 is 0 Å². The van der Waals surface area contributed by atoms with Gasteiger partial charge >= 0.3 is 0 Å². The predicted molar refractivity (Wildman–Crippen MR) is 115 cm³/mol. The highest BCUT2D eigenvalue weighted by molar-refractivity contribution is 5.65. The summed E-state index contributed by atoms with van der Waals surface area (Å²) in [6.07, 6.45) is 1.65. The first-order valence-corrected chi connectivity index (χ1v) is 10.1. The number of aromatic nitrogens is 4. The van der Waals surface area contributed by atoms with Crippen LogP contribution in [0.3, 0.4) is 0 Å². The number of hydrogen-bond acceptors (Lipinski definition) is 7. The minimum absolute atomic E-state index is 0.226. The summed E-state index contributed by atoms with van der Waals surface area (Å²) in [5.74, 6) is 2.57. The Kier molecular flexibility index (Phi) is 4.90. The lowest BCUT2D eigenvalue weighted by atomic mass is 10.1. The number of ether oxygens (including phenoxy) is 3. The minimum Gasteiger partial charge on any atom is -0.454 e. The lowest BCUT2D eigenvalue weighted by Gasteiger charge is -2.22. The Balaban J connectivity index is 1.41. The molecule has 9 heteroatoms. The number of benzene rings is 2. The van der Waals surface area contributed by atoms with Crippen LogP contribution in [0.25, 0.3) is 11.5 Å². The Morgan fingerprint density at radius 2 is 1.81 bits per heavy atom. The van der Waals surface area contributed by atoms with Crippen LogP contribution in [0.2, 0.25) is 0 Å². The molecule has 3 aliphatic heterocycles. The number of fused-ring (bicyclic) bond motifs is 2. The molecule has 0 fully saturated rings. The standard InChI is InChI=1S/C23H22FN5O3/c1-23(2,32-11-14-3-6-16(24)7-4-14)22-27-19-20(25)26-12-29(21(19)28-22)10-15-5-8-17-18(9-15)31-13-30-17/h3-9,12H,10-11,13,25H2,1-2H3. The largest absolute Gasteiger partial charge is 0.454 e. The molecule has 0 aliphatic carbocycles. The van der Waals surface area contributed by atoms with Crippen molar-refractivity contribution < 1.29 is 18.6 Å². The van der Waals surface area contributed by atoms with E-state index in [0.29, 0.717) is 42.1 Å². The van der Waals surface area contributed by atoms with Gasteiger partial charge in [0.25, 0.3) is 0 Å². The molecule has 32 heavy (non-hydrogen) atoms. The molecular formula is C23H22FN5O3. The molecule has 0 unspecified atom stereocenters. The van der Waals surface area contributed by atoms with Crippen molar-refractivity contribution in [3.05, 3.63) is 71.6 Å². The van der Waals surface area contributed by atoms with Gasteiger partial charge in [0.05, 0.1) is 19.5 Å². The van der Waals surface area contributed by atoms with Gasteiger partial charge in [-0.2, -0.15) is 0 Å². The first kappa shape index (κ1) is 20.2. The summed E-state index contributed by atoms with van der Waals surface area (Å²) in [7, 11) is 0. The van der Waals surface area contributed by atoms with Crippen molar-refractivity contribution in [1.82, 2.24) is 19.5 Å².